The van der Waals surface area contributed by atoms with E-state index < -0.39 is 23.3 Å². The fourth-order valence-electron chi connectivity index (χ4n) is 4.05. The van der Waals surface area contributed by atoms with Crippen LogP contribution in [0, 0.1) is 23.3 Å². The van der Waals surface area contributed by atoms with Gasteiger partial charge in [0, 0.05) is 5.56 Å². The number of halogens is 4. The summed E-state index contributed by atoms with van der Waals surface area (Å²) in [6.07, 6.45) is 5.56. The van der Waals surface area contributed by atoms with Crippen molar-refractivity contribution < 1.29 is 22.3 Å². The molecule has 2 aromatic carbocycles. The molecule has 5 heteroatoms. The van der Waals surface area contributed by atoms with E-state index in [4.69, 9.17) is 4.74 Å². The molecular formula is C23H24F4O. The van der Waals surface area contributed by atoms with E-state index in [1.165, 1.54) is 12.1 Å². The van der Waals surface area contributed by atoms with Crippen LogP contribution < -0.4 is 4.74 Å². The van der Waals surface area contributed by atoms with Crippen LogP contribution in [0.2, 0.25) is 0 Å². The van der Waals surface area contributed by atoms with Crippen molar-refractivity contribution >= 4 is 6.08 Å². The first-order valence-corrected chi connectivity index (χ1v) is 9.69. The molecule has 0 aliphatic heterocycles. The largest absolute Gasteiger partial charge is 0.491 e. The lowest BCUT2D eigenvalue weighted by Crippen LogP contribution is -2.15. The minimum Gasteiger partial charge on any atom is -0.491 e. The van der Waals surface area contributed by atoms with E-state index in [1.54, 1.807) is 38.1 Å². The van der Waals surface area contributed by atoms with Gasteiger partial charge >= 0.3 is 0 Å². The highest BCUT2D eigenvalue weighted by Crippen LogP contribution is 2.43. The Balaban J connectivity index is 1.75. The lowest BCUT2D eigenvalue weighted by atomic mass is 9.75. The molecule has 1 aliphatic rings. The van der Waals surface area contributed by atoms with Crippen LogP contribution in [0.1, 0.15) is 68.1 Å². The Morgan fingerprint density at radius 3 is 1.89 bits per heavy atom. The molecule has 3 rings (SSSR count). The summed E-state index contributed by atoms with van der Waals surface area (Å²) in [6.45, 7) is 3.71. The van der Waals surface area contributed by atoms with Gasteiger partial charge in [-0.05, 0) is 68.6 Å². The van der Waals surface area contributed by atoms with Crippen LogP contribution in [0.4, 0.5) is 17.6 Å². The smallest absolute Gasteiger partial charge is 0.200 e. The summed E-state index contributed by atoms with van der Waals surface area (Å²) in [6, 6.07) is 6.25. The van der Waals surface area contributed by atoms with Crippen LogP contribution in [-0.4, -0.2) is 6.61 Å². The summed E-state index contributed by atoms with van der Waals surface area (Å²) in [5.41, 5.74) is 0.918. The standard InChI is InChI=1S/C23H24F4O/c1-3-5-16-10-11-17(21(25)20(16)24)14-6-8-15(9-7-14)18-12-13-19(28-4-2)23(27)22(18)26/h3,5,10-15H,4,6-9H2,1-2H3/b5-3+. The zero-order chi connectivity index (χ0) is 20.3. The summed E-state index contributed by atoms with van der Waals surface area (Å²) >= 11 is 0. The van der Waals surface area contributed by atoms with Gasteiger partial charge in [0.15, 0.2) is 23.2 Å². The molecule has 0 saturated heterocycles. The molecule has 0 aromatic heterocycles. The van der Waals surface area contributed by atoms with Crippen LogP contribution in [0.15, 0.2) is 30.3 Å². The third-order valence-electron chi connectivity index (χ3n) is 5.47. The number of hydrogen-bond acceptors (Lipinski definition) is 1. The summed E-state index contributed by atoms with van der Waals surface area (Å²) in [5, 5.41) is 0. The maximum atomic E-state index is 14.5. The highest BCUT2D eigenvalue weighted by atomic mass is 19.2. The van der Waals surface area contributed by atoms with Crippen LogP contribution >= 0.6 is 0 Å². The first-order valence-electron chi connectivity index (χ1n) is 9.69. The first kappa shape index (κ1) is 20.4. The topological polar surface area (TPSA) is 9.23 Å². The van der Waals surface area contributed by atoms with Gasteiger partial charge in [0.05, 0.1) is 6.61 Å². The first-order chi connectivity index (χ1) is 13.5. The molecular weight excluding hydrogens is 368 g/mol. The maximum Gasteiger partial charge on any atom is 0.200 e. The number of ether oxygens (including phenoxy) is 1. The Kier molecular flexibility index (Phi) is 6.42. The normalized spacial score (nSPS) is 19.9. The molecule has 0 N–H and O–H groups in total. The van der Waals surface area contributed by atoms with Gasteiger partial charge in [-0.3, -0.25) is 0 Å². The average molecular weight is 392 g/mol. The van der Waals surface area contributed by atoms with Gasteiger partial charge in [0.1, 0.15) is 0 Å². The van der Waals surface area contributed by atoms with Crippen LogP contribution in [0.25, 0.3) is 6.08 Å². The molecule has 1 nitrogen and oxygen atoms in total. The van der Waals surface area contributed by atoms with Gasteiger partial charge in [-0.1, -0.05) is 30.4 Å². The SMILES string of the molecule is C/C=C/c1ccc(C2CCC(c3ccc(OCC)c(F)c3F)CC2)c(F)c1F. The Bertz CT molecular complexity index is 867. The van der Waals surface area contributed by atoms with Crippen molar-refractivity contribution in [3.05, 3.63) is 70.3 Å². The summed E-state index contributed by atoms with van der Waals surface area (Å²) in [5.74, 6) is -3.83. The number of benzene rings is 2. The zero-order valence-electron chi connectivity index (χ0n) is 16.1. The molecule has 0 radical (unpaired) electrons. The molecule has 1 aliphatic carbocycles. The number of allylic oxidation sites excluding steroid dienone is 1. The highest BCUT2D eigenvalue weighted by molar-refractivity contribution is 5.51. The fraction of sp³-hybridized carbons (Fsp3) is 0.391. The van der Waals surface area contributed by atoms with Crippen molar-refractivity contribution in [2.75, 3.05) is 6.61 Å². The molecule has 28 heavy (non-hydrogen) atoms. The molecule has 0 amide bonds. The maximum absolute atomic E-state index is 14.5. The van der Waals surface area contributed by atoms with E-state index in [9.17, 15) is 17.6 Å². The Labute approximate surface area is 163 Å². The molecule has 0 unspecified atom stereocenters. The monoisotopic (exact) mass is 392 g/mol. The quantitative estimate of drug-likeness (QED) is 0.492. The van der Waals surface area contributed by atoms with E-state index in [2.05, 4.69) is 0 Å². The summed E-state index contributed by atoms with van der Waals surface area (Å²) in [7, 11) is 0. The molecule has 2 aromatic rings. The predicted molar refractivity (Wildman–Crippen MR) is 103 cm³/mol. The second-order valence-electron chi connectivity index (χ2n) is 7.13. The molecule has 0 heterocycles. The second kappa shape index (κ2) is 8.80. The Hall–Kier alpha value is -2.30. The molecule has 150 valence electrons. The van der Waals surface area contributed by atoms with Gasteiger partial charge in [-0.15, -0.1) is 0 Å². The Morgan fingerprint density at radius 1 is 0.821 bits per heavy atom. The minimum absolute atomic E-state index is 0.0869. The molecule has 1 fully saturated rings. The summed E-state index contributed by atoms with van der Waals surface area (Å²) < 4.78 is 62.4. The second-order valence-corrected chi connectivity index (χ2v) is 7.13. The third kappa shape index (κ3) is 3.94. The van der Waals surface area contributed by atoms with Gasteiger partial charge in [-0.2, -0.15) is 4.39 Å². The van der Waals surface area contributed by atoms with Crippen molar-refractivity contribution in [3.63, 3.8) is 0 Å². The lowest BCUT2D eigenvalue weighted by Gasteiger charge is -2.30. The van der Waals surface area contributed by atoms with E-state index >= 15 is 0 Å². The predicted octanol–water partition coefficient (Wildman–Crippen LogP) is 7.12. The molecule has 0 bridgehead atoms. The average Bonchev–Trinajstić information content (AvgIpc) is 2.70. The third-order valence-corrected chi connectivity index (χ3v) is 5.47. The van der Waals surface area contributed by atoms with Crippen molar-refractivity contribution in [2.45, 2.75) is 51.4 Å². The van der Waals surface area contributed by atoms with Crippen LogP contribution in [0.5, 0.6) is 5.75 Å². The Morgan fingerprint density at radius 2 is 1.36 bits per heavy atom. The summed E-state index contributed by atoms with van der Waals surface area (Å²) in [4.78, 5) is 0. The molecule has 0 atom stereocenters. The highest BCUT2D eigenvalue weighted by Gasteiger charge is 2.29. The number of hydrogen-bond donors (Lipinski definition) is 0. The molecule has 1 saturated carbocycles. The lowest BCUT2D eigenvalue weighted by molar-refractivity contribution is 0.310. The van der Waals surface area contributed by atoms with E-state index in [-0.39, 0.29) is 29.8 Å². The van der Waals surface area contributed by atoms with Crippen LogP contribution in [0.3, 0.4) is 0 Å². The van der Waals surface area contributed by atoms with E-state index in [0.29, 0.717) is 36.8 Å². The van der Waals surface area contributed by atoms with Crippen LogP contribution in [-0.2, 0) is 0 Å². The van der Waals surface area contributed by atoms with E-state index in [1.807, 2.05) is 0 Å². The zero-order valence-corrected chi connectivity index (χ0v) is 16.1. The fourth-order valence-corrected chi connectivity index (χ4v) is 4.05. The van der Waals surface area contributed by atoms with Gasteiger partial charge in [0.25, 0.3) is 0 Å². The van der Waals surface area contributed by atoms with Gasteiger partial charge < -0.3 is 4.74 Å². The van der Waals surface area contributed by atoms with Gasteiger partial charge in [-0.25, -0.2) is 13.2 Å². The van der Waals surface area contributed by atoms with E-state index in [0.717, 1.165) is 0 Å². The van der Waals surface area contributed by atoms with Crippen molar-refractivity contribution in [1.29, 1.82) is 0 Å². The number of rotatable bonds is 5. The van der Waals surface area contributed by atoms with Crippen molar-refractivity contribution in [2.24, 2.45) is 0 Å². The van der Waals surface area contributed by atoms with Crippen molar-refractivity contribution in [1.82, 2.24) is 0 Å². The van der Waals surface area contributed by atoms with Crippen molar-refractivity contribution in [3.8, 4) is 5.75 Å². The van der Waals surface area contributed by atoms with Gasteiger partial charge in [0.2, 0.25) is 5.82 Å². The molecule has 0 spiro atoms. The minimum atomic E-state index is -0.964.